The van der Waals surface area contributed by atoms with Crippen LogP contribution in [0.15, 0.2) is 13.3 Å². The molecule has 12 rings (SSSR count). The van der Waals surface area contributed by atoms with Crippen LogP contribution in [0.25, 0.3) is 0 Å². The monoisotopic (exact) mass is 1240 g/mol. The summed E-state index contributed by atoms with van der Waals surface area (Å²) in [6.07, 6.45) is 23.9. The third kappa shape index (κ3) is 16.4. The molecular formula is C55H89N13O15S2. The molecule has 3 aliphatic carbocycles. The van der Waals surface area contributed by atoms with Crippen LogP contribution in [0.5, 0.6) is 0 Å². The Hall–Kier alpha value is -5.11. The molecule has 0 radical (unpaired) electrons. The van der Waals surface area contributed by atoms with Crippen LogP contribution in [0.1, 0.15) is 230 Å². The zero-order chi connectivity index (χ0) is 61.1. The second-order valence-electron chi connectivity index (χ2n) is 26.2. The standard InChI is InChI=1S/C16H36N.2C13H18N4O6S.C13H18N4O3/c1-5-9-13-17(14-10-6-2,15-11-7-3)16-12-8-4;2*1-13(4-5-13)6-10-14-15-11(22-10)9-3-2-8-7-16(9)12(18)17(8)23-24(19,20)21;1-13(4-5-13)6-10-14-15-11(20-10)9-3-2-8-7-16(9)12(18)17(8)19/h5-16H2,1-4H3;2*8-9H,2-7H2,1H3,(H,19,20,21);8-9,19H,2-7H2,1H3/q+1;;;/p-1/t;3*8-,9+/m.111/s1. The molecule has 30 heteroatoms. The molecule has 9 aliphatic rings. The van der Waals surface area contributed by atoms with Gasteiger partial charge in [0.15, 0.2) is 0 Å². The molecule has 0 unspecified atom stereocenters. The normalized spacial score (nSPS) is 25.8. The SMILES string of the molecule is CC1(Cc2nnc([C@@H]3CC[C@@H]4CN3C(=O)N4O)o2)CC1.CC1(Cc2nnc([C@@H]3CC[C@@H]4CN3C(=O)N4OS(=O)(=O)O)o2)CC1.CC1(Cc2nnc([C@@H]3CC[C@@H]4CN3C(=O)N4OS(=O)(=O)[O-])o2)CC1.CCCC[N+](CCCC)(CCCC)CCCC. The number of amides is 6. The molecule has 28 nitrogen and oxygen atoms in total. The van der Waals surface area contributed by atoms with Crippen molar-refractivity contribution >= 4 is 38.9 Å². The average Bonchev–Trinajstić information content (AvgIpc) is 1.89. The third-order valence-corrected chi connectivity index (χ3v) is 19.3. The van der Waals surface area contributed by atoms with Gasteiger partial charge in [0.05, 0.1) is 44.3 Å². The highest BCUT2D eigenvalue weighted by Gasteiger charge is 2.52. The number of hydroxylamine groups is 6. The minimum atomic E-state index is -4.99. The highest BCUT2D eigenvalue weighted by Crippen LogP contribution is 2.50. The minimum absolute atomic E-state index is 0.0912. The lowest BCUT2D eigenvalue weighted by Gasteiger charge is -2.39. The third-order valence-electron chi connectivity index (χ3n) is 18.6. The summed E-state index contributed by atoms with van der Waals surface area (Å²) in [5.74, 6) is 2.97. The molecule has 3 aromatic heterocycles. The van der Waals surface area contributed by atoms with Gasteiger partial charge in [0, 0.05) is 38.9 Å². The van der Waals surface area contributed by atoms with Crippen LogP contribution in [0.3, 0.4) is 0 Å². The number of aromatic nitrogens is 6. The first-order valence-corrected chi connectivity index (χ1v) is 33.6. The van der Waals surface area contributed by atoms with Crippen molar-refractivity contribution in [1.82, 2.24) is 60.5 Å². The van der Waals surface area contributed by atoms with Gasteiger partial charge >= 0.3 is 28.5 Å². The summed E-state index contributed by atoms with van der Waals surface area (Å²) < 4.78 is 90.3. The van der Waals surface area contributed by atoms with Crippen LogP contribution < -0.4 is 0 Å². The van der Waals surface area contributed by atoms with E-state index in [-0.39, 0.29) is 42.0 Å². The fraction of sp³-hybridized carbons (Fsp3) is 0.836. The molecule has 85 heavy (non-hydrogen) atoms. The molecule has 6 bridgehead atoms. The summed E-state index contributed by atoms with van der Waals surface area (Å²) in [7, 11) is -9.74. The largest absolute Gasteiger partial charge is 0.724 e. The van der Waals surface area contributed by atoms with Crippen molar-refractivity contribution in [2.24, 2.45) is 16.2 Å². The molecule has 9 heterocycles. The van der Waals surface area contributed by atoms with E-state index < -0.39 is 57.0 Å². The van der Waals surface area contributed by atoms with Crippen LogP contribution in [0.2, 0.25) is 0 Å². The Morgan fingerprint density at radius 1 is 0.518 bits per heavy atom. The number of fused-ring (bicyclic) bond motifs is 6. The van der Waals surface area contributed by atoms with Gasteiger partial charge in [0.2, 0.25) is 45.7 Å². The van der Waals surface area contributed by atoms with E-state index in [0.29, 0.717) is 89.5 Å². The zero-order valence-electron chi connectivity index (χ0n) is 50.5. The smallest absolute Gasteiger partial charge is 0.418 e. The van der Waals surface area contributed by atoms with Crippen LogP contribution in [-0.2, 0) is 48.6 Å². The molecule has 3 aromatic rings. The summed E-state index contributed by atoms with van der Waals surface area (Å²) in [6, 6.07) is -3.66. The van der Waals surface area contributed by atoms with E-state index in [9.17, 15) is 41.0 Å². The van der Waals surface area contributed by atoms with E-state index in [4.69, 9.17) is 17.8 Å². The van der Waals surface area contributed by atoms with E-state index in [1.54, 1.807) is 4.90 Å². The lowest BCUT2D eigenvalue weighted by molar-refractivity contribution is -0.929. The molecule has 2 N–H and O–H groups in total. The Bertz CT molecular complexity index is 2830. The molecule has 6 aliphatic heterocycles. The van der Waals surface area contributed by atoms with E-state index >= 15 is 0 Å². The number of carbonyl (C=O) groups excluding carboxylic acids is 3. The van der Waals surface area contributed by atoms with Gasteiger partial charge in [-0.3, -0.25) is 9.76 Å². The first-order valence-electron chi connectivity index (χ1n) is 30.9. The number of rotatable bonds is 25. The fourth-order valence-electron chi connectivity index (χ4n) is 12.4. The summed E-state index contributed by atoms with van der Waals surface area (Å²) in [4.78, 5) is 41.1. The van der Waals surface area contributed by atoms with Gasteiger partial charge in [0.1, 0.15) is 18.1 Å². The van der Waals surface area contributed by atoms with Crippen molar-refractivity contribution < 1.29 is 71.8 Å². The van der Waals surface area contributed by atoms with E-state index in [1.807, 2.05) is 0 Å². The maximum absolute atomic E-state index is 12.4. The molecule has 6 saturated heterocycles. The molecule has 0 spiro atoms. The van der Waals surface area contributed by atoms with E-state index in [1.165, 1.54) is 105 Å². The number of carbonyl (C=O) groups is 3. The predicted molar refractivity (Wildman–Crippen MR) is 300 cm³/mol. The summed E-state index contributed by atoms with van der Waals surface area (Å²) in [6.45, 7) is 22.6. The Morgan fingerprint density at radius 3 is 1.15 bits per heavy atom. The van der Waals surface area contributed by atoms with Crippen LogP contribution in [-0.4, -0.2) is 178 Å². The highest BCUT2D eigenvalue weighted by molar-refractivity contribution is 7.81. The highest BCUT2D eigenvalue weighted by atomic mass is 32.3. The minimum Gasteiger partial charge on any atom is -0.724 e. The van der Waals surface area contributed by atoms with Crippen molar-refractivity contribution in [3.8, 4) is 0 Å². The number of quaternary nitrogens is 1. The summed E-state index contributed by atoms with van der Waals surface area (Å²) in [5, 5.41) is 36.3. The van der Waals surface area contributed by atoms with Crippen molar-refractivity contribution in [2.45, 2.75) is 232 Å². The molecule has 476 valence electrons. The van der Waals surface area contributed by atoms with E-state index in [0.717, 1.165) is 56.4 Å². The molecular weight excluding hydrogens is 1150 g/mol. The lowest BCUT2D eigenvalue weighted by atomic mass is 10.0. The molecule has 9 fully saturated rings. The maximum Gasteiger partial charge on any atom is 0.418 e. The molecule has 0 aromatic carbocycles. The number of nitrogens with zero attached hydrogens (tertiary/aromatic N) is 13. The summed E-state index contributed by atoms with van der Waals surface area (Å²) >= 11 is 0. The van der Waals surface area contributed by atoms with Gasteiger partial charge in [0.25, 0.3) is 0 Å². The number of hydrogen-bond acceptors (Lipinski definition) is 20. The Morgan fingerprint density at radius 2 is 0.835 bits per heavy atom. The molecule has 6 atom stereocenters. The lowest BCUT2D eigenvalue weighted by Crippen LogP contribution is -2.50. The van der Waals surface area contributed by atoms with Gasteiger partial charge in [-0.1, -0.05) is 74.1 Å². The average molecular weight is 1240 g/mol. The van der Waals surface area contributed by atoms with Gasteiger partial charge in [-0.25, -0.2) is 27.9 Å². The fourth-order valence-corrected chi connectivity index (χ4v) is 13.2. The quantitative estimate of drug-likeness (QED) is 0.0347. The van der Waals surface area contributed by atoms with Gasteiger partial charge < -0.3 is 37.0 Å². The number of unbranched alkanes of at least 4 members (excludes halogenated alkanes) is 4. The second kappa shape index (κ2) is 26.3. The Balaban J connectivity index is 0.000000137. The topological polar surface area (TPSA) is 338 Å². The van der Waals surface area contributed by atoms with Gasteiger partial charge in [-0.05, 0) is 119 Å². The second-order valence-corrected chi connectivity index (χ2v) is 28.2. The Kier molecular flexibility index (Phi) is 19.9. The summed E-state index contributed by atoms with van der Waals surface area (Å²) in [5.41, 5.74) is 0.802. The van der Waals surface area contributed by atoms with Crippen molar-refractivity contribution in [2.75, 3.05) is 45.8 Å². The van der Waals surface area contributed by atoms with Crippen molar-refractivity contribution in [3.63, 3.8) is 0 Å². The Labute approximate surface area is 499 Å². The molecule has 3 saturated carbocycles. The first kappa shape index (κ1) is 64.4. The van der Waals surface area contributed by atoms with Gasteiger partial charge in [-0.2, -0.15) is 22.8 Å². The zero-order valence-corrected chi connectivity index (χ0v) is 52.1. The van der Waals surface area contributed by atoms with E-state index in [2.05, 4.69) is 87.6 Å². The number of hydrogen-bond donors (Lipinski definition) is 2. The van der Waals surface area contributed by atoms with Crippen LogP contribution >= 0.6 is 0 Å². The predicted octanol–water partition coefficient (Wildman–Crippen LogP) is 8.58. The first-order chi connectivity index (χ1) is 40.3. The van der Waals surface area contributed by atoms with Crippen molar-refractivity contribution in [3.05, 3.63) is 35.3 Å². The molecule has 6 amide bonds. The number of urea groups is 3. The maximum atomic E-state index is 12.4. The van der Waals surface area contributed by atoms with Crippen LogP contribution in [0, 0.1) is 16.2 Å². The van der Waals surface area contributed by atoms with Crippen LogP contribution in [0.4, 0.5) is 14.4 Å². The van der Waals surface area contributed by atoms with Crippen molar-refractivity contribution in [1.29, 1.82) is 0 Å². The van der Waals surface area contributed by atoms with Gasteiger partial charge in [-0.15, -0.1) is 34.9 Å². The number of piperidine rings is 3.